The molecule has 0 bridgehead atoms. The van der Waals surface area contributed by atoms with Crippen molar-refractivity contribution in [1.29, 1.82) is 0 Å². The van der Waals surface area contributed by atoms with Crippen molar-refractivity contribution in [2.45, 2.75) is 0 Å². The summed E-state index contributed by atoms with van der Waals surface area (Å²) in [7, 11) is -9.33. The van der Waals surface area contributed by atoms with E-state index < -0.39 is 20.8 Å². The molecule has 12 heavy (non-hydrogen) atoms. The largest absolute Gasteiger partial charge is 0.394 e. The third-order valence-electron chi connectivity index (χ3n) is 0. The molecule has 0 aliphatic carbocycles. The summed E-state index contributed by atoms with van der Waals surface area (Å²) in [4.78, 5) is 0. The van der Waals surface area contributed by atoms with E-state index in [9.17, 15) is 0 Å². The van der Waals surface area contributed by atoms with Gasteiger partial charge in [-0.05, 0) is 0 Å². The van der Waals surface area contributed by atoms with Crippen LogP contribution in [0.5, 0.6) is 0 Å². The fourth-order valence-electron chi connectivity index (χ4n) is 0. The first-order valence-electron chi connectivity index (χ1n) is 1.40. The summed E-state index contributed by atoms with van der Waals surface area (Å²) in [6.45, 7) is 0. The first-order valence-corrected chi connectivity index (χ1v) is 4.19. The Bertz CT molecular complexity index is 213. The third-order valence-corrected chi connectivity index (χ3v) is 0. The molecule has 12 heteroatoms. The topological polar surface area (TPSA) is 149 Å². The Balaban J connectivity index is -0.0000000457. The van der Waals surface area contributed by atoms with Gasteiger partial charge in [-0.25, -0.2) is 0 Å². The Kier molecular flexibility index (Phi) is 16.1. The number of hydrogen-bond donors (Lipinski definition) is 4. The van der Waals surface area contributed by atoms with Gasteiger partial charge in [0.2, 0.25) is 0 Å². The van der Waals surface area contributed by atoms with E-state index in [1.165, 1.54) is 0 Å². The van der Waals surface area contributed by atoms with Gasteiger partial charge in [0.25, 0.3) is 0 Å². The van der Waals surface area contributed by atoms with Crippen LogP contribution in [0.4, 0.5) is 0 Å². The van der Waals surface area contributed by atoms with E-state index in [4.69, 9.17) is 35.0 Å². The predicted molar refractivity (Wildman–Crippen MR) is 38.3 cm³/mol. The molecule has 4 N–H and O–H groups in total. The molecule has 0 heterocycles. The summed E-state index contributed by atoms with van der Waals surface area (Å²) in [5, 5.41) is 0. The summed E-state index contributed by atoms with van der Waals surface area (Å²) >= 11 is 0. The van der Waals surface area contributed by atoms with Crippen molar-refractivity contribution in [2.75, 3.05) is 0 Å². The first-order chi connectivity index (χ1) is 4.00. The molecule has 0 spiro atoms. The van der Waals surface area contributed by atoms with Crippen LogP contribution in [0.3, 0.4) is 0 Å². The molecule has 81 valence electrons. The van der Waals surface area contributed by atoms with Crippen LogP contribution in [-0.4, -0.2) is 52.4 Å². The minimum absolute atomic E-state index is 0. The molecule has 1 radical (unpaired) electrons. The van der Waals surface area contributed by atoms with Crippen LogP contribution in [0.2, 0.25) is 0 Å². The van der Waals surface area contributed by atoms with Crippen LogP contribution < -0.4 is 0 Å². The summed E-state index contributed by atoms with van der Waals surface area (Å²) < 4.78 is 63.2. The summed E-state index contributed by atoms with van der Waals surface area (Å²) in [5.41, 5.74) is 0. The molecule has 8 nitrogen and oxygen atoms in total. The van der Waals surface area contributed by atoms with Crippen LogP contribution in [0.1, 0.15) is 0 Å². The van der Waals surface area contributed by atoms with Gasteiger partial charge in [0, 0.05) is 17.1 Å². The van der Waals surface area contributed by atoms with Crippen LogP contribution in [0.25, 0.3) is 0 Å². The molecule has 0 aromatic carbocycles. The Morgan fingerprint density at radius 2 is 0.667 bits per heavy atom. The van der Waals surface area contributed by atoms with E-state index in [2.05, 4.69) is 0 Å². The maximum absolute atomic E-state index is 8.74. The van der Waals surface area contributed by atoms with Crippen molar-refractivity contribution >= 4 is 38.2 Å². The van der Waals surface area contributed by atoms with Gasteiger partial charge in [-0.2, -0.15) is 16.8 Å². The monoisotopic (exact) mass is 289 g/mol. The molecule has 0 aliphatic heterocycles. The summed E-state index contributed by atoms with van der Waals surface area (Å²) in [5.74, 6) is 0. The van der Waals surface area contributed by atoms with Gasteiger partial charge >= 0.3 is 20.8 Å². The first kappa shape index (κ1) is 23.0. The zero-order valence-electron chi connectivity index (χ0n) is 4.54. The standard InChI is InChI=1S/Al.Cu.2H2O4S.3H/c;;2*1-5(2,3)4;;;/h;;2*(H2,1,2,3,4);;;. The van der Waals surface area contributed by atoms with E-state index in [1.807, 2.05) is 0 Å². The van der Waals surface area contributed by atoms with Crippen molar-refractivity contribution in [1.82, 2.24) is 0 Å². The van der Waals surface area contributed by atoms with Crippen LogP contribution in [0, 0.1) is 0 Å². The zero-order chi connectivity index (χ0) is 9.00. The maximum atomic E-state index is 8.74. The van der Waals surface area contributed by atoms with Gasteiger partial charge < -0.3 is 0 Å². The van der Waals surface area contributed by atoms with Crippen LogP contribution in [0.15, 0.2) is 0 Å². The van der Waals surface area contributed by atoms with Crippen molar-refractivity contribution in [3.63, 3.8) is 0 Å². The zero-order valence-corrected chi connectivity index (χ0v) is 7.11. The van der Waals surface area contributed by atoms with E-state index >= 15 is 0 Å². The molecular weight excluding hydrogens is 283 g/mol. The fourth-order valence-corrected chi connectivity index (χ4v) is 0. The van der Waals surface area contributed by atoms with Gasteiger partial charge in [0.1, 0.15) is 0 Å². The van der Waals surface area contributed by atoms with Gasteiger partial charge in [-0.15, -0.1) is 0 Å². The van der Waals surface area contributed by atoms with Gasteiger partial charge in [0.05, 0.1) is 0 Å². The molecule has 0 aromatic rings. The Labute approximate surface area is 90.1 Å². The van der Waals surface area contributed by atoms with Crippen molar-refractivity contribution in [2.24, 2.45) is 0 Å². The average Bonchev–Trinajstić information content (AvgIpc) is 1.12. The van der Waals surface area contributed by atoms with Crippen LogP contribution >= 0.6 is 0 Å². The Morgan fingerprint density at radius 3 is 0.667 bits per heavy atom. The average molecular weight is 290 g/mol. The van der Waals surface area contributed by atoms with E-state index in [-0.39, 0.29) is 34.4 Å². The Morgan fingerprint density at radius 1 is 0.667 bits per heavy atom. The molecule has 0 aromatic heterocycles. The molecule has 0 saturated carbocycles. The molecule has 0 unspecified atom stereocenters. The van der Waals surface area contributed by atoms with Crippen molar-refractivity contribution in [3.05, 3.63) is 0 Å². The van der Waals surface area contributed by atoms with Crippen LogP contribution in [-0.2, 0) is 37.9 Å². The van der Waals surface area contributed by atoms with E-state index in [0.717, 1.165) is 0 Å². The molecule has 0 fully saturated rings. The number of hydrogen-bond acceptors (Lipinski definition) is 4. The third kappa shape index (κ3) is 1650. The van der Waals surface area contributed by atoms with Crippen molar-refractivity contribution < 1.29 is 52.1 Å². The molecular formula is H7AlCuO8S2. The minimum atomic E-state index is -4.67. The molecule has 0 amide bonds. The normalized spacial score (nSPS) is 9.67. The molecule has 0 saturated heterocycles. The SMILES string of the molecule is O=S(=O)(O)O.O=S(=O)(O)O.[AlH3].[Cu]. The molecule has 0 aliphatic rings. The number of rotatable bonds is 0. The molecule has 0 atom stereocenters. The van der Waals surface area contributed by atoms with Crippen molar-refractivity contribution in [3.8, 4) is 0 Å². The van der Waals surface area contributed by atoms with Gasteiger partial charge in [-0.3, -0.25) is 18.2 Å². The second kappa shape index (κ2) is 8.39. The Hall–Kier alpha value is 0.792. The predicted octanol–water partition coefficient (Wildman–Crippen LogP) is -2.49. The maximum Gasteiger partial charge on any atom is 0.394 e. The van der Waals surface area contributed by atoms with Gasteiger partial charge in [-0.1, -0.05) is 0 Å². The fraction of sp³-hybridized carbons (Fsp3) is 0. The van der Waals surface area contributed by atoms with E-state index in [1.54, 1.807) is 0 Å². The quantitative estimate of drug-likeness (QED) is 0.282. The summed E-state index contributed by atoms with van der Waals surface area (Å²) in [6, 6.07) is 0. The van der Waals surface area contributed by atoms with E-state index in [0.29, 0.717) is 0 Å². The minimum Gasteiger partial charge on any atom is -0.264 e. The second-order valence-corrected chi connectivity index (χ2v) is 2.69. The summed E-state index contributed by atoms with van der Waals surface area (Å²) in [6.07, 6.45) is 0. The second-order valence-electron chi connectivity index (χ2n) is 0.896. The van der Waals surface area contributed by atoms with Gasteiger partial charge in [0.15, 0.2) is 17.4 Å². The molecule has 0 rings (SSSR count). The smallest absolute Gasteiger partial charge is 0.264 e.